The lowest BCUT2D eigenvalue weighted by molar-refractivity contribution is 0.0955. The molecule has 2 aromatic rings. The molecule has 1 N–H and O–H groups in total. The number of carbonyl (C=O) groups excluding carboxylic acids is 1. The summed E-state index contributed by atoms with van der Waals surface area (Å²) in [5.41, 5.74) is 4.89. The maximum atomic E-state index is 11.9. The summed E-state index contributed by atoms with van der Waals surface area (Å²) in [6.07, 6.45) is 1.59. The Morgan fingerprint density at radius 1 is 1.27 bits per heavy atom. The van der Waals surface area contributed by atoms with E-state index in [0.29, 0.717) is 10.6 Å². The van der Waals surface area contributed by atoms with Crippen LogP contribution in [0, 0.1) is 0 Å². The first-order valence-corrected chi connectivity index (χ1v) is 7.70. The number of nitrogens with one attached hydrogen (secondary N) is 1. The number of carbonyl (C=O) groups is 1. The summed E-state index contributed by atoms with van der Waals surface area (Å²) in [5, 5.41) is 4.47. The zero-order valence-electron chi connectivity index (χ0n) is 12.2. The van der Waals surface area contributed by atoms with Crippen LogP contribution in [0.1, 0.15) is 15.9 Å². The summed E-state index contributed by atoms with van der Waals surface area (Å²) in [6.45, 7) is 0. The van der Waals surface area contributed by atoms with E-state index in [1.165, 1.54) is 0 Å². The van der Waals surface area contributed by atoms with Gasteiger partial charge in [0.15, 0.2) is 0 Å². The van der Waals surface area contributed by atoms with E-state index in [1.54, 1.807) is 30.5 Å². The van der Waals surface area contributed by atoms with Crippen LogP contribution in [0.15, 0.2) is 52.0 Å². The molecule has 0 aliphatic heterocycles. The fourth-order valence-corrected chi connectivity index (χ4v) is 2.77. The topological polar surface area (TPSA) is 44.7 Å². The Balaban J connectivity index is 2.03. The normalized spacial score (nSPS) is 10.7. The molecule has 0 fully saturated rings. The van der Waals surface area contributed by atoms with E-state index >= 15 is 0 Å². The van der Waals surface area contributed by atoms with E-state index in [9.17, 15) is 4.79 Å². The first kappa shape index (κ1) is 16.5. The lowest BCUT2D eigenvalue weighted by Gasteiger charge is -2.14. The molecule has 0 saturated carbocycles. The maximum absolute atomic E-state index is 11.9. The third-order valence-corrected chi connectivity index (χ3v) is 3.79. The zero-order chi connectivity index (χ0) is 16.1. The molecular weight excluding hydrogens is 366 g/mol. The molecule has 114 valence electrons. The van der Waals surface area contributed by atoms with Gasteiger partial charge in [-0.05, 0) is 51.8 Å². The second kappa shape index (κ2) is 7.42. The monoisotopic (exact) mass is 379 g/mol. The fraction of sp³-hybridized carbons (Fsp3) is 0.125. The first-order valence-electron chi connectivity index (χ1n) is 6.53. The first-order chi connectivity index (χ1) is 10.5. The second-order valence-corrected chi connectivity index (χ2v) is 6.11. The van der Waals surface area contributed by atoms with Crippen molar-refractivity contribution in [3.63, 3.8) is 0 Å². The summed E-state index contributed by atoms with van der Waals surface area (Å²) in [5.74, 6) is -0.303. The van der Waals surface area contributed by atoms with Gasteiger partial charge in [0.05, 0.1) is 11.9 Å². The number of benzene rings is 2. The maximum Gasteiger partial charge on any atom is 0.271 e. The molecule has 0 aliphatic carbocycles. The molecule has 2 aromatic carbocycles. The van der Waals surface area contributed by atoms with E-state index in [-0.39, 0.29) is 5.91 Å². The highest BCUT2D eigenvalue weighted by molar-refractivity contribution is 9.10. The molecule has 0 bridgehead atoms. The average Bonchev–Trinajstić information content (AvgIpc) is 2.46. The molecule has 2 rings (SSSR count). The predicted octanol–water partition coefficient (Wildman–Crippen LogP) is 3.93. The lowest BCUT2D eigenvalue weighted by Crippen LogP contribution is -2.17. The van der Waals surface area contributed by atoms with Gasteiger partial charge < -0.3 is 4.90 Å². The van der Waals surface area contributed by atoms with Crippen molar-refractivity contribution in [3.8, 4) is 0 Å². The Bertz CT molecular complexity index is 716. The molecule has 0 radical (unpaired) electrons. The van der Waals surface area contributed by atoms with Crippen molar-refractivity contribution in [2.24, 2.45) is 5.10 Å². The number of anilines is 1. The highest BCUT2D eigenvalue weighted by atomic mass is 79.9. The molecule has 6 heteroatoms. The number of hydrazone groups is 1. The van der Waals surface area contributed by atoms with Gasteiger partial charge in [0.2, 0.25) is 0 Å². The summed E-state index contributed by atoms with van der Waals surface area (Å²) in [7, 11) is 3.94. The third-order valence-electron chi connectivity index (χ3n) is 2.92. The molecule has 0 heterocycles. The molecule has 0 unspecified atom stereocenters. The minimum absolute atomic E-state index is 0.303. The molecule has 0 saturated heterocycles. The number of nitrogens with zero attached hydrogens (tertiary/aromatic N) is 2. The van der Waals surface area contributed by atoms with Crippen LogP contribution >= 0.6 is 27.5 Å². The second-order valence-electron chi connectivity index (χ2n) is 4.81. The van der Waals surface area contributed by atoms with Gasteiger partial charge in [-0.1, -0.05) is 23.7 Å². The smallest absolute Gasteiger partial charge is 0.271 e. The van der Waals surface area contributed by atoms with Crippen LogP contribution in [0.2, 0.25) is 5.02 Å². The quantitative estimate of drug-likeness (QED) is 0.645. The molecule has 0 atom stereocenters. The number of hydrogen-bond acceptors (Lipinski definition) is 3. The minimum atomic E-state index is -0.303. The van der Waals surface area contributed by atoms with Crippen molar-refractivity contribution in [2.75, 3.05) is 19.0 Å². The Morgan fingerprint density at radius 3 is 2.68 bits per heavy atom. The number of halogens is 2. The largest absolute Gasteiger partial charge is 0.377 e. The van der Waals surface area contributed by atoms with Crippen molar-refractivity contribution >= 4 is 45.3 Å². The van der Waals surface area contributed by atoms with Crippen molar-refractivity contribution in [2.45, 2.75) is 0 Å². The molecule has 0 aromatic heterocycles. The van der Waals surface area contributed by atoms with Crippen molar-refractivity contribution in [1.29, 1.82) is 0 Å². The van der Waals surface area contributed by atoms with Gasteiger partial charge in [0, 0.05) is 29.2 Å². The van der Waals surface area contributed by atoms with Crippen LogP contribution in [0.4, 0.5) is 5.69 Å². The highest BCUT2D eigenvalue weighted by Crippen LogP contribution is 2.25. The molecular formula is C16H15BrClN3O. The molecule has 22 heavy (non-hydrogen) atoms. The van der Waals surface area contributed by atoms with Crippen LogP contribution in [-0.4, -0.2) is 26.2 Å². The van der Waals surface area contributed by atoms with Crippen LogP contribution in [0.3, 0.4) is 0 Å². The summed E-state index contributed by atoms with van der Waals surface area (Å²) < 4.78 is 0.961. The lowest BCUT2D eigenvalue weighted by atomic mass is 10.2. The minimum Gasteiger partial charge on any atom is -0.377 e. The Morgan fingerprint density at radius 2 is 2.05 bits per heavy atom. The Hall–Kier alpha value is -1.85. The van der Waals surface area contributed by atoms with E-state index in [2.05, 4.69) is 26.5 Å². The van der Waals surface area contributed by atoms with Crippen LogP contribution in [0.25, 0.3) is 0 Å². The molecule has 0 aliphatic rings. The number of hydrogen-bond donors (Lipinski definition) is 1. The van der Waals surface area contributed by atoms with Crippen LogP contribution in [-0.2, 0) is 0 Å². The van der Waals surface area contributed by atoms with Gasteiger partial charge in [-0.25, -0.2) is 5.43 Å². The van der Waals surface area contributed by atoms with Crippen molar-refractivity contribution in [1.82, 2.24) is 5.43 Å². The van der Waals surface area contributed by atoms with Gasteiger partial charge >= 0.3 is 0 Å². The van der Waals surface area contributed by atoms with E-state index in [1.807, 2.05) is 37.2 Å². The summed E-state index contributed by atoms with van der Waals surface area (Å²) in [6, 6.07) is 12.5. The van der Waals surface area contributed by atoms with Gasteiger partial charge in [0.1, 0.15) is 0 Å². The standard InChI is InChI=1S/C16H15BrClN3O/c1-21(2)15-7-6-11(8-14(15)17)10-19-20-16(22)12-4-3-5-13(18)9-12/h3-10H,1-2H3,(H,20,22)/b19-10-. The van der Waals surface area contributed by atoms with Gasteiger partial charge in [-0.2, -0.15) is 5.10 Å². The summed E-state index contributed by atoms with van der Waals surface area (Å²) >= 11 is 9.36. The number of amides is 1. The van der Waals surface area contributed by atoms with Gasteiger partial charge in [-0.15, -0.1) is 0 Å². The third kappa shape index (κ3) is 4.32. The average molecular weight is 381 g/mol. The Kier molecular flexibility index (Phi) is 5.57. The molecule has 1 amide bonds. The SMILES string of the molecule is CN(C)c1ccc(/C=N\NC(=O)c2cccc(Cl)c2)cc1Br. The number of rotatable bonds is 4. The zero-order valence-corrected chi connectivity index (χ0v) is 14.5. The van der Waals surface area contributed by atoms with E-state index < -0.39 is 0 Å². The predicted molar refractivity (Wildman–Crippen MR) is 95.0 cm³/mol. The van der Waals surface area contributed by atoms with Gasteiger partial charge in [-0.3, -0.25) is 4.79 Å². The molecule has 0 spiro atoms. The fourth-order valence-electron chi connectivity index (χ4n) is 1.83. The molecule has 4 nitrogen and oxygen atoms in total. The van der Waals surface area contributed by atoms with E-state index in [0.717, 1.165) is 15.7 Å². The Labute approximate surface area is 142 Å². The van der Waals surface area contributed by atoms with E-state index in [4.69, 9.17) is 11.6 Å². The van der Waals surface area contributed by atoms with Crippen molar-refractivity contribution < 1.29 is 4.79 Å². The van der Waals surface area contributed by atoms with Crippen LogP contribution in [0.5, 0.6) is 0 Å². The summed E-state index contributed by atoms with van der Waals surface area (Å²) in [4.78, 5) is 13.9. The van der Waals surface area contributed by atoms with Gasteiger partial charge in [0.25, 0.3) is 5.91 Å². The van der Waals surface area contributed by atoms with Crippen molar-refractivity contribution in [3.05, 3.63) is 63.1 Å². The van der Waals surface area contributed by atoms with Crippen LogP contribution < -0.4 is 10.3 Å². The highest BCUT2D eigenvalue weighted by Gasteiger charge is 2.04.